The summed E-state index contributed by atoms with van der Waals surface area (Å²) >= 11 is 0. The van der Waals surface area contributed by atoms with Gasteiger partial charge >= 0.3 is 5.97 Å². The number of aromatic amines is 1. The Morgan fingerprint density at radius 1 is 1.33 bits per heavy atom. The van der Waals surface area contributed by atoms with E-state index in [1.54, 1.807) is 6.92 Å². The van der Waals surface area contributed by atoms with E-state index in [1.807, 2.05) is 6.92 Å². The Labute approximate surface area is 155 Å². The fourth-order valence-electron chi connectivity index (χ4n) is 2.59. The first-order chi connectivity index (χ1) is 12.9. The number of benzene rings is 1. The molecule has 0 saturated carbocycles. The first-order valence-electron chi connectivity index (χ1n) is 8.56. The molecule has 2 rings (SSSR count). The van der Waals surface area contributed by atoms with Gasteiger partial charge in [0.05, 0.1) is 35.4 Å². The Morgan fingerprint density at radius 3 is 2.56 bits per heavy atom. The third-order valence-corrected chi connectivity index (χ3v) is 4.06. The van der Waals surface area contributed by atoms with Crippen molar-refractivity contribution in [2.24, 2.45) is 4.99 Å². The fourth-order valence-corrected chi connectivity index (χ4v) is 2.59. The number of aromatic nitrogens is 2. The number of unbranched alkanes of at least 4 members (excludes halogenated alkanes) is 1. The molecule has 0 spiro atoms. The van der Waals surface area contributed by atoms with Gasteiger partial charge in [-0.2, -0.15) is 0 Å². The van der Waals surface area contributed by atoms with Gasteiger partial charge < -0.3 is 4.74 Å². The van der Waals surface area contributed by atoms with E-state index >= 15 is 0 Å². The van der Waals surface area contributed by atoms with Crippen LogP contribution in [0.15, 0.2) is 34.1 Å². The first kappa shape index (κ1) is 20.1. The number of ether oxygens (including phenoxy) is 1. The number of methoxy groups -OCH3 is 1. The van der Waals surface area contributed by atoms with Crippen molar-refractivity contribution < 1.29 is 14.5 Å². The van der Waals surface area contributed by atoms with Gasteiger partial charge in [0.15, 0.2) is 0 Å². The van der Waals surface area contributed by atoms with Gasteiger partial charge in [-0.1, -0.05) is 13.3 Å². The minimum absolute atomic E-state index is 0.0781. The Hall–Kier alpha value is -3.23. The number of carbonyl (C=O) groups is 1. The molecule has 9 heteroatoms. The van der Waals surface area contributed by atoms with Crippen molar-refractivity contribution in [1.29, 1.82) is 0 Å². The second kappa shape index (κ2) is 8.93. The van der Waals surface area contributed by atoms with Crippen LogP contribution in [0, 0.1) is 10.1 Å². The number of nitro groups is 1. The van der Waals surface area contributed by atoms with Crippen LogP contribution < -0.4 is 5.56 Å². The van der Waals surface area contributed by atoms with Gasteiger partial charge in [0.2, 0.25) is 0 Å². The van der Waals surface area contributed by atoms with E-state index < -0.39 is 10.9 Å². The molecule has 1 aromatic heterocycles. The topological polar surface area (TPSA) is 120 Å². The number of H-pyrrole nitrogens is 1. The van der Waals surface area contributed by atoms with Crippen LogP contribution in [0.25, 0.3) is 5.69 Å². The van der Waals surface area contributed by atoms with Crippen molar-refractivity contribution in [3.05, 3.63) is 56.0 Å². The van der Waals surface area contributed by atoms with Gasteiger partial charge in [-0.3, -0.25) is 29.8 Å². The largest absolute Gasteiger partial charge is 0.469 e. The zero-order chi connectivity index (χ0) is 20.0. The van der Waals surface area contributed by atoms with Crippen molar-refractivity contribution in [3.63, 3.8) is 0 Å². The fraction of sp³-hybridized carbons (Fsp3) is 0.389. The summed E-state index contributed by atoms with van der Waals surface area (Å²) in [4.78, 5) is 39.4. The normalized spacial score (nSPS) is 11.4. The minimum Gasteiger partial charge on any atom is -0.469 e. The number of nitro benzene ring substituents is 1. The predicted octanol–water partition coefficient (Wildman–Crippen LogP) is 2.40. The Kier molecular flexibility index (Phi) is 6.64. The molecule has 0 amide bonds. The Balaban J connectivity index is 2.51. The number of esters is 1. The van der Waals surface area contributed by atoms with E-state index in [1.165, 1.54) is 36.1 Å². The zero-order valence-corrected chi connectivity index (χ0v) is 15.5. The average molecular weight is 374 g/mol. The number of hydrogen-bond donors (Lipinski definition) is 1. The number of nitrogens with one attached hydrogen (secondary N) is 1. The molecule has 0 bridgehead atoms. The van der Waals surface area contributed by atoms with E-state index in [0.29, 0.717) is 29.2 Å². The highest BCUT2D eigenvalue weighted by Crippen LogP contribution is 2.15. The number of non-ortho nitro benzene ring substituents is 1. The second-order valence-electron chi connectivity index (χ2n) is 5.95. The maximum atomic E-state index is 12.9. The smallest absolute Gasteiger partial charge is 0.311 e. The highest BCUT2D eigenvalue weighted by atomic mass is 16.6. The van der Waals surface area contributed by atoms with Gasteiger partial charge in [-0.25, -0.2) is 4.68 Å². The summed E-state index contributed by atoms with van der Waals surface area (Å²) in [5.41, 5.74) is 1.21. The maximum Gasteiger partial charge on any atom is 0.311 e. The number of hydrogen-bond acceptors (Lipinski definition) is 6. The molecule has 2 aromatic rings. The predicted molar refractivity (Wildman–Crippen MR) is 101 cm³/mol. The third-order valence-electron chi connectivity index (χ3n) is 4.06. The lowest BCUT2D eigenvalue weighted by atomic mass is 10.1. The molecule has 9 nitrogen and oxygen atoms in total. The summed E-state index contributed by atoms with van der Waals surface area (Å²) in [5, 5.41) is 13.7. The standard InChI is InChI=1S/C18H22N4O5/c1-4-5-10-19-12(2)17-15(11-16(23)27-3)20-21(18(17)24)13-6-8-14(9-7-13)22(25)26/h6-9,20H,4-5,10-11H2,1-3H3. The lowest BCUT2D eigenvalue weighted by Crippen LogP contribution is -2.20. The van der Waals surface area contributed by atoms with E-state index in [4.69, 9.17) is 4.74 Å². The van der Waals surface area contributed by atoms with E-state index in [9.17, 15) is 19.7 Å². The third kappa shape index (κ3) is 4.69. The average Bonchev–Trinajstić information content (AvgIpc) is 2.97. The van der Waals surface area contributed by atoms with Gasteiger partial charge in [-0.15, -0.1) is 0 Å². The lowest BCUT2D eigenvalue weighted by molar-refractivity contribution is -0.384. The molecule has 0 aliphatic carbocycles. The minimum atomic E-state index is -0.514. The molecule has 0 radical (unpaired) electrons. The number of aliphatic imine (C=N–C) groups is 1. The lowest BCUT2D eigenvalue weighted by Gasteiger charge is -2.02. The van der Waals surface area contributed by atoms with E-state index in [2.05, 4.69) is 10.1 Å². The van der Waals surface area contributed by atoms with Gasteiger partial charge in [0, 0.05) is 24.4 Å². The quantitative estimate of drug-likeness (QED) is 0.250. The highest BCUT2D eigenvalue weighted by molar-refractivity contribution is 6.00. The Bertz CT molecular complexity index is 909. The molecule has 0 aliphatic rings. The zero-order valence-electron chi connectivity index (χ0n) is 15.5. The monoisotopic (exact) mass is 374 g/mol. The summed E-state index contributed by atoms with van der Waals surface area (Å²) in [7, 11) is 1.27. The summed E-state index contributed by atoms with van der Waals surface area (Å²) in [5.74, 6) is -0.491. The van der Waals surface area contributed by atoms with Crippen LogP contribution >= 0.6 is 0 Å². The molecule has 27 heavy (non-hydrogen) atoms. The van der Waals surface area contributed by atoms with Crippen LogP contribution in [-0.4, -0.2) is 40.0 Å². The second-order valence-corrected chi connectivity index (χ2v) is 5.95. The van der Waals surface area contributed by atoms with Crippen LogP contribution in [0.3, 0.4) is 0 Å². The SMILES string of the molecule is CCCCN=C(C)c1c(CC(=O)OC)[nH]n(-c2ccc([N+](=O)[O-])cc2)c1=O. The molecule has 0 fully saturated rings. The Morgan fingerprint density at radius 2 is 2.00 bits per heavy atom. The summed E-state index contributed by atoms with van der Waals surface area (Å²) in [6.07, 6.45) is 1.76. The molecule has 1 aromatic carbocycles. The maximum absolute atomic E-state index is 12.9. The number of carbonyl (C=O) groups excluding carboxylic acids is 1. The highest BCUT2D eigenvalue weighted by Gasteiger charge is 2.20. The van der Waals surface area contributed by atoms with Crippen LogP contribution in [0.2, 0.25) is 0 Å². The molecule has 0 aliphatic heterocycles. The van der Waals surface area contributed by atoms with E-state index in [0.717, 1.165) is 12.8 Å². The molecule has 0 unspecified atom stereocenters. The van der Waals surface area contributed by atoms with Crippen molar-refractivity contribution in [2.45, 2.75) is 33.1 Å². The van der Waals surface area contributed by atoms with Crippen LogP contribution in [0.4, 0.5) is 5.69 Å². The molecule has 1 heterocycles. The number of nitrogens with zero attached hydrogens (tertiary/aromatic N) is 3. The van der Waals surface area contributed by atoms with Gasteiger partial charge in [0.25, 0.3) is 11.2 Å². The van der Waals surface area contributed by atoms with Crippen LogP contribution in [0.1, 0.15) is 37.9 Å². The molecular formula is C18H22N4O5. The molecular weight excluding hydrogens is 352 g/mol. The van der Waals surface area contributed by atoms with Crippen molar-refractivity contribution in [1.82, 2.24) is 9.78 Å². The van der Waals surface area contributed by atoms with Crippen molar-refractivity contribution >= 4 is 17.4 Å². The van der Waals surface area contributed by atoms with Gasteiger partial charge in [-0.05, 0) is 25.5 Å². The first-order valence-corrected chi connectivity index (χ1v) is 8.56. The van der Waals surface area contributed by atoms with Crippen LogP contribution in [0.5, 0.6) is 0 Å². The molecule has 1 N–H and O–H groups in total. The van der Waals surface area contributed by atoms with Gasteiger partial charge in [0.1, 0.15) is 0 Å². The molecule has 0 saturated heterocycles. The summed E-state index contributed by atoms with van der Waals surface area (Å²) in [6, 6.07) is 5.55. The summed E-state index contributed by atoms with van der Waals surface area (Å²) < 4.78 is 5.95. The van der Waals surface area contributed by atoms with Crippen molar-refractivity contribution in [2.75, 3.05) is 13.7 Å². The van der Waals surface area contributed by atoms with Crippen LogP contribution in [-0.2, 0) is 16.0 Å². The molecule has 144 valence electrons. The van der Waals surface area contributed by atoms with E-state index in [-0.39, 0.29) is 17.7 Å². The van der Waals surface area contributed by atoms with Crippen molar-refractivity contribution in [3.8, 4) is 5.69 Å². The summed E-state index contributed by atoms with van der Waals surface area (Å²) in [6.45, 7) is 4.36. The molecule has 0 atom stereocenters. The number of rotatable bonds is 8.